The number of hydrogen-bond donors (Lipinski definition) is 0. The van der Waals surface area contributed by atoms with Crippen LogP contribution in [0, 0.1) is 18.4 Å². The summed E-state index contributed by atoms with van der Waals surface area (Å²) in [6.45, 7) is 3.42. The molecule has 2 nitrogen and oxygen atoms in total. The van der Waals surface area contributed by atoms with E-state index in [9.17, 15) is 0 Å². The van der Waals surface area contributed by atoms with E-state index in [-0.39, 0.29) is 0 Å². The van der Waals surface area contributed by atoms with E-state index in [1.54, 1.807) is 6.19 Å². The summed E-state index contributed by atoms with van der Waals surface area (Å²) in [4.78, 5) is 3.21. The van der Waals surface area contributed by atoms with Gasteiger partial charge in [-0.2, -0.15) is 10.3 Å². The van der Waals surface area contributed by atoms with E-state index in [1.807, 2.05) is 0 Å². The van der Waals surface area contributed by atoms with Gasteiger partial charge in [-0.05, 0) is 13.3 Å². The number of nitriles is 1. The topological polar surface area (TPSA) is 36.1 Å². The molecule has 31 valence electrons. The fourth-order valence-corrected chi connectivity index (χ4v) is 0.105. The monoisotopic (exact) mass is 81.0 g/mol. The van der Waals surface area contributed by atoms with Crippen LogP contribution in [0.3, 0.4) is 0 Å². The first-order valence-electron chi connectivity index (χ1n) is 1.61. The van der Waals surface area contributed by atoms with Gasteiger partial charge in [0.1, 0.15) is 0 Å². The second-order valence-electron chi connectivity index (χ2n) is 0.700. The molecular formula is C4H5N2. The lowest BCUT2D eigenvalue weighted by molar-refractivity contribution is 1.42. The van der Waals surface area contributed by atoms with Crippen LogP contribution in [0.4, 0.5) is 0 Å². The second kappa shape index (κ2) is 4.16. The van der Waals surface area contributed by atoms with Gasteiger partial charge < -0.3 is 0 Å². The van der Waals surface area contributed by atoms with E-state index in [1.165, 1.54) is 6.21 Å². The molecule has 0 heterocycles. The Labute approximate surface area is 37.1 Å². The molecule has 0 aromatic heterocycles. The van der Waals surface area contributed by atoms with Crippen molar-refractivity contribution < 1.29 is 0 Å². The Morgan fingerprint density at radius 1 is 2.00 bits per heavy atom. The fraction of sp³-hybridized carbons (Fsp3) is 0.250. The Bertz CT molecular complexity index is 78.0. The summed E-state index contributed by atoms with van der Waals surface area (Å²) in [5, 5.41) is 7.72. The maximum Gasteiger partial charge on any atom is 0.205 e. The van der Waals surface area contributed by atoms with E-state index in [2.05, 4.69) is 11.9 Å². The quantitative estimate of drug-likeness (QED) is 0.339. The van der Waals surface area contributed by atoms with Gasteiger partial charge in [-0.15, -0.1) is 0 Å². The van der Waals surface area contributed by atoms with E-state index < -0.39 is 0 Å². The Kier molecular flexibility index (Phi) is 3.58. The molecule has 0 bridgehead atoms. The van der Waals surface area contributed by atoms with Crippen LogP contribution >= 0.6 is 0 Å². The van der Waals surface area contributed by atoms with Crippen molar-refractivity contribution in [2.45, 2.75) is 6.42 Å². The van der Waals surface area contributed by atoms with Gasteiger partial charge in [0.25, 0.3) is 0 Å². The van der Waals surface area contributed by atoms with Crippen molar-refractivity contribution in [2.24, 2.45) is 4.99 Å². The zero-order chi connectivity index (χ0) is 4.83. The molecule has 0 unspecified atom stereocenters. The molecule has 0 amide bonds. The summed E-state index contributed by atoms with van der Waals surface area (Å²) >= 11 is 0. The zero-order valence-electron chi connectivity index (χ0n) is 3.39. The number of hydrogen-bond acceptors (Lipinski definition) is 2. The molecule has 0 atom stereocenters. The predicted molar refractivity (Wildman–Crippen MR) is 24.1 cm³/mol. The largest absolute Gasteiger partial charge is 0.205 e. The van der Waals surface area contributed by atoms with Crippen LogP contribution in [0.25, 0.3) is 0 Å². The highest BCUT2D eigenvalue weighted by molar-refractivity contribution is 5.58. The minimum atomic E-state index is 0.591. The SMILES string of the molecule is [CH2]C/C=N/C#N. The molecule has 0 aliphatic heterocycles. The second-order valence-corrected chi connectivity index (χ2v) is 0.700. The highest BCUT2D eigenvalue weighted by Crippen LogP contribution is 1.62. The molecule has 0 saturated heterocycles. The van der Waals surface area contributed by atoms with Crippen molar-refractivity contribution in [1.82, 2.24) is 0 Å². The molecule has 0 aromatic rings. The van der Waals surface area contributed by atoms with Crippen molar-refractivity contribution in [3.8, 4) is 6.19 Å². The highest BCUT2D eigenvalue weighted by Gasteiger charge is 1.58. The van der Waals surface area contributed by atoms with Gasteiger partial charge in [-0.1, -0.05) is 0 Å². The van der Waals surface area contributed by atoms with Gasteiger partial charge in [0, 0.05) is 6.21 Å². The van der Waals surface area contributed by atoms with Crippen molar-refractivity contribution >= 4 is 6.21 Å². The molecule has 0 fully saturated rings. The van der Waals surface area contributed by atoms with E-state index in [0.717, 1.165) is 0 Å². The van der Waals surface area contributed by atoms with Crippen LogP contribution in [-0.2, 0) is 0 Å². The van der Waals surface area contributed by atoms with Crippen LogP contribution in [0.1, 0.15) is 6.42 Å². The molecule has 1 radical (unpaired) electrons. The molecule has 2 heteroatoms. The molecule has 0 N–H and O–H groups in total. The number of rotatable bonds is 1. The summed E-state index contributed by atoms with van der Waals surface area (Å²) in [6.07, 6.45) is 3.65. The first-order chi connectivity index (χ1) is 2.91. The fourth-order valence-electron chi connectivity index (χ4n) is 0.105. The third-order valence-corrected chi connectivity index (χ3v) is 0.278. The lowest BCUT2D eigenvalue weighted by Crippen LogP contribution is -1.61. The molecule has 0 aliphatic carbocycles. The standard InChI is InChI=1S/C4H5N2/c1-2-3-6-4-5/h3H,1-2H2/b6-3+. The Balaban J connectivity index is 3.02. The van der Waals surface area contributed by atoms with E-state index >= 15 is 0 Å². The maximum atomic E-state index is 7.72. The molecule has 0 aliphatic rings. The summed E-state index contributed by atoms with van der Waals surface area (Å²) < 4.78 is 0. The van der Waals surface area contributed by atoms with Gasteiger partial charge in [0.2, 0.25) is 6.19 Å². The van der Waals surface area contributed by atoms with Crippen LogP contribution in [0.15, 0.2) is 4.99 Å². The molecule has 0 aromatic carbocycles. The molecule has 0 rings (SSSR count). The van der Waals surface area contributed by atoms with E-state index in [4.69, 9.17) is 5.26 Å². The van der Waals surface area contributed by atoms with Crippen LogP contribution in [-0.4, -0.2) is 6.21 Å². The predicted octanol–water partition coefficient (Wildman–Crippen LogP) is 0.762. The lowest BCUT2D eigenvalue weighted by Gasteiger charge is -1.62. The van der Waals surface area contributed by atoms with Gasteiger partial charge >= 0.3 is 0 Å². The first-order valence-corrected chi connectivity index (χ1v) is 1.61. The van der Waals surface area contributed by atoms with Gasteiger partial charge in [0.15, 0.2) is 0 Å². The van der Waals surface area contributed by atoms with Gasteiger partial charge in [-0.25, -0.2) is 0 Å². The molecule has 0 spiro atoms. The third kappa shape index (κ3) is 3.16. The van der Waals surface area contributed by atoms with E-state index in [0.29, 0.717) is 6.42 Å². The van der Waals surface area contributed by atoms with Crippen LogP contribution < -0.4 is 0 Å². The van der Waals surface area contributed by atoms with Crippen molar-refractivity contribution in [3.05, 3.63) is 6.92 Å². The molecular weight excluding hydrogens is 76.1 g/mol. The maximum absolute atomic E-state index is 7.72. The average molecular weight is 81.1 g/mol. The normalized spacial score (nSPS) is 8.67. The van der Waals surface area contributed by atoms with Crippen molar-refractivity contribution in [1.29, 1.82) is 5.26 Å². The number of nitrogens with zero attached hydrogens (tertiary/aromatic N) is 2. The third-order valence-electron chi connectivity index (χ3n) is 0.278. The smallest absolute Gasteiger partial charge is 0.186 e. The number of aliphatic imine (C=N–C) groups is 1. The van der Waals surface area contributed by atoms with Gasteiger partial charge in [-0.3, -0.25) is 0 Å². The van der Waals surface area contributed by atoms with Crippen LogP contribution in [0.5, 0.6) is 0 Å². The average Bonchev–Trinajstić information content (AvgIpc) is 1.61. The summed E-state index contributed by atoms with van der Waals surface area (Å²) in [7, 11) is 0. The Morgan fingerprint density at radius 2 is 2.67 bits per heavy atom. The van der Waals surface area contributed by atoms with Crippen molar-refractivity contribution in [2.75, 3.05) is 0 Å². The zero-order valence-corrected chi connectivity index (χ0v) is 3.39. The Morgan fingerprint density at radius 3 is 2.83 bits per heavy atom. The van der Waals surface area contributed by atoms with Crippen LogP contribution in [0.2, 0.25) is 0 Å². The summed E-state index contributed by atoms with van der Waals surface area (Å²) in [5.41, 5.74) is 0. The minimum Gasteiger partial charge on any atom is -0.186 e. The van der Waals surface area contributed by atoms with Gasteiger partial charge in [0.05, 0.1) is 0 Å². The summed E-state index contributed by atoms with van der Waals surface area (Å²) in [6, 6.07) is 0. The molecule has 6 heavy (non-hydrogen) atoms. The lowest BCUT2D eigenvalue weighted by atomic mass is 10.5. The first kappa shape index (κ1) is 5.16. The van der Waals surface area contributed by atoms with Crippen molar-refractivity contribution in [3.63, 3.8) is 0 Å². The Hall–Kier alpha value is -0.840. The molecule has 0 saturated carbocycles. The highest BCUT2D eigenvalue weighted by atomic mass is 14.7. The minimum absolute atomic E-state index is 0.591. The summed E-state index contributed by atoms with van der Waals surface area (Å²) in [5.74, 6) is 0.